The van der Waals surface area contributed by atoms with Gasteiger partial charge < -0.3 is 15.3 Å². The molecule has 3 rings (SSSR count). The molecule has 3 saturated carbocycles. The van der Waals surface area contributed by atoms with Crippen molar-refractivity contribution in [3.63, 3.8) is 0 Å². The van der Waals surface area contributed by atoms with Gasteiger partial charge in [0.2, 0.25) is 0 Å². The Hall–Kier alpha value is -0.900. The van der Waals surface area contributed by atoms with Gasteiger partial charge >= 0.3 is 0 Å². The molecule has 3 aliphatic rings. The Bertz CT molecular complexity index is 676. The quantitative estimate of drug-likeness (QED) is 0.531. The lowest BCUT2D eigenvalue weighted by Gasteiger charge is -2.44. The first kappa shape index (κ1) is 23.8. The maximum Gasteiger partial charge on any atom is 0.0811 e. The molecule has 3 fully saturated rings. The molecule has 3 N–H and O–H groups in total. The molecule has 0 aromatic carbocycles. The number of hydrogen-bond donors (Lipinski definition) is 3. The van der Waals surface area contributed by atoms with E-state index in [0.717, 1.165) is 36.3 Å². The van der Waals surface area contributed by atoms with E-state index in [2.05, 4.69) is 46.4 Å². The van der Waals surface area contributed by atoms with Crippen molar-refractivity contribution in [3.8, 4) is 0 Å². The molecule has 0 radical (unpaired) electrons. The maximum absolute atomic E-state index is 10.3. The van der Waals surface area contributed by atoms with Crippen LogP contribution in [-0.4, -0.2) is 33.6 Å². The van der Waals surface area contributed by atoms with Crippen molar-refractivity contribution in [1.82, 2.24) is 0 Å². The highest BCUT2D eigenvalue weighted by molar-refractivity contribution is 5.38. The summed E-state index contributed by atoms with van der Waals surface area (Å²) in [6.45, 7) is 13.2. The number of fused-ring (bicyclic) bond motifs is 1. The molecule has 0 amide bonds. The number of allylic oxidation sites excluding steroid dienone is 3. The Morgan fingerprint density at radius 1 is 1.13 bits per heavy atom. The van der Waals surface area contributed by atoms with Gasteiger partial charge in [-0.3, -0.25) is 0 Å². The van der Waals surface area contributed by atoms with Gasteiger partial charge in [-0.15, -0.1) is 0 Å². The summed E-state index contributed by atoms with van der Waals surface area (Å²) < 4.78 is 0. The minimum atomic E-state index is -0.618. The smallest absolute Gasteiger partial charge is 0.0811 e. The summed E-state index contributed by atoms with van der Waals surface area (Å²) in [5.41, 5.74) is 3.69. The van der Waals surface area contributed by atoms with Crippen LogP contribution in [0.2, 0.25) is 0 Å². The molecule has 3 heteroatoms. The summed E-state index contributed by atoms with van der Waals surface area (Å²) >= 11 is 0. The summed E-state index contributed by atoms with van der Waals surface area (Å²) in [6.07, 6.45) is 12.4. The van der Waals surface area contributed by atoms with E-state index in [1.54, 1.807) is 5.57 Å². The first-order valence-corrected chi connectivity index (χ1v) is 12.3. The molecule has 0 bridgehead atoms. The van der Waals surface area contributed by atoms with Gasteiger partial charge in [-0.2, -0.15) is 0 Å². The average Bonchev–Trinajstić information content (AvgIpc) is 3.04. The average molecular weight is 417 g/mol. The Morgan fingerprint density at radius 2 is 1.87 bits per heavy atom. The fourth-order valence-corrected chi connectivity index (χ4v) is 6.65. The number of aliphatic hydroxyl groups excluding tert-OH is 3. The topological polar surface area (TPSA) is 60.7 Å². The molecule has 3 nitrogen and oxygen atoms in total. The summed E-state index contributed by atoms with van der Waals surface area (Å²) in [6, 6.07) is 0. The van der Waals surface area contributed by atoms with Gasteiger partial charge in [0.05, 0.1) is 18.3 Å². The molecule has 0 saturated heterocycles. The van der Waals surface area contributed by atoms with Crippen molar-refractivity contribution in [3.05, 3.63) is 35.5 Å². The molecule has 0 spiro atoms. The Kier molecular flexibility index (Phi) is 7.69. The van der Waals surface area contributed by atoms with Crippen LogP contribution in [0.25, 0.3) is 0 Å². The van der Waals surface area contributed by atoms with Crippen LogP contribution in [0, 0.1) is 29.1 Å². The first-order chi connectivity index (χ1) is 14.1. The summed E-state index contributed by atoms with van der Waals surface area (Å²) in [5.74, 6) is 2.35. The van der Waals surface area contributed by atoms with Crippen molar-refractivity contribution in [1.29, 1.82) is 0 Å². The Labute approximate surface area is 184 Å². The van der Waals surface area contributed by atoms with Gasteiger partial charge in [0.1, 0.15) is 0 Å². The van der Waals surface area contributed by atoms with Gasteiger partial charge in [-0.25, -0.2) is 0 Å². The van der Waals surface area contributed by atoms with E-state index in [1.807, 2.05) is 0 Å². The highest BCUT2D eigenvalue weighted by atomic mass is 16.3. The molecule has 30 heavy (non-hydrogen) atoms. The molecule has 0 heterocycles. The second-order valence-corrected chi connectivity index (χ2v) is 11.0. The van der Waals surface area contributed by atoms with Gasteiger partial charge in [0.25, 0.3) is 0 Å². The van der Waals surface area contributed by atoms with Crippen LogP contribution >= 0.6 is 0 Å². The third-order valence-electron chi connectivity index (χ3n) is 8.68. The summed E-state index contributed by atoms with van der Waals surface area (Å²) in [5, 5.41) is 30.4. The predicted molar refractivity (Wildman–Crippen MR) is 124 cm³/mol. The SMILES string of the molecule is C=C1C(=CC=C2CCC[C@]3(C)C([C@H](C)CCC(O)C(C)C)CC[C@@H]23)C[C@@H](O)C[C@@H]1O. The summed E-state index contributed by atoms with van der Waals surface area (Å²) in [7, 11) is 0. The highest BCUT2D eigenvalue weighted by Gasteiger charge is 2.50. The largest absolute Gasteiger partial charge is 0.393 e. The van der Waals surface area contributed by atoms with E-state index in [0.29, 0.717) is 36.0 Å². The molecule has 2 unspecified atom stereocenters. The van der Waals surface area contributed by atoms with Crippen LogP contribution in [0.4, 0.5) is 0 Å². The molecule has 0 aromatic heterocycles. The lowest BCUT2D eigenvalue weighted by atomic mass is 9.60. The third kappa shape index (κ3) is 4.95. The van der Waals surface area contributed by atoms with Gasteiger partial charge in [0, 0.05) is 6.42 Å². The van der Waals surface area contributed by atoms with Crippen LogP contribution < -0.4 is 0 Å². The maximum atomic E-state index is 10.3. The van der Waals surface area contributed by atoms with Crippen molar-refractivity contribution in [2.75, 3.05) is 0 Å². The zero-order valence-electron chi connectivity index (χ0n) is 19.6. The van der Waals surface area contributed by atoms with E-state index in [-0.39, 0.29) is 6.10 Å². The molecule has 0 aromatic rings. The van der Waals surface area contributed by atoms with Crippen molar-refractivity contribution in [2.24, 2.45) is 29.1 Å². The normalized spacial score (nSPS) is 39.5. The van der Waals surface area contributed by atoms with Gasteiger partial charge in [-0.05, 0) is 91.6 Å². The van der Waals surface area contributed by atoms with Crippen LogP contribution in [0.5, 0.6) is 0 Å². The van der Waals surface area contributed by atoms with E-state index in [9.17, 15) is 15.3 Å². The molecule has 170 valence electrons. The van der Waals surface area contributed by atoms with E-state index >= 15 is 0 Å². The van der Waals surface area contributed by atoms with Gasteiger partial charge in [0.15, 0.2) is 0 Å². The number of aliphatic hydroxyl groups is 3. The third-order valence-corrected chi connectivity index (χ3v) is 8.68. The zero-order valence-corrected chi connectivity index (χ0v) is 19.6. The molecule has 0 aliphatic heterocycles. The highest BCUT2D eigenvalue weighted by Crippen LogP contribution is 2.60. The summed E-state index contributed by atoms with van der Waals surface area (Å²) in [4.78, 5) is 0. The standard InChI is InChI=1S/C27H44O3/c1-17(2)25(29)13-8-18(3)23-11-12-24-20(7-6-14-27(23,24)5)9-10-21-15-22(28)16-26(30)19(21)4/h9-10,17-18,22-26,28-30H,4,6-8,11-16H2,1-3,5H3/t18-,22-,23?,24+,25?,26+,27-/m1/s1. The van der Waals surface area contributed by atoms with Crippen LogP contribution in [0.15, 0.2) is 35.5 Å². The predicted octanol–water partition coefficient (Wildman–Crippen LogP) is 5.56. The second-order valence-electron chi connectivity index (χ2n) is 11.0. The fraction of sp³-hybridized carbons (Fsp3) is 0.778. The molecular formula is C27H44O3. The molecule has 3 aliphatic carbocycles. The van der Waals surface area contributed by atoms with E-state index < -0.39 is 12.2 Å². The Balaban J connectivity index is 1.72. The Morgan fingerprint density at radius 3 is 2.57 bits per heavy atom. The van der Waals surface area contributed by atoms with E-state index in [4.69, 9.17) is 0 Å². The van der Waals surface area contributed by atoms with Crippen molar-refractivity contribution < 1.29 is 15.3 Å². The monoisotopic (exact) mass is 416 g/mol. The van der Waals surface area contributed by atoms with Crippen LogP contribution in [0.3, 0.4) is 0 Å². The zero-order chi connectivity index (χ0) is 22.1. The minimum absolute atomic E-state index is 0.180. The van der Waals surface area contributed by atoms with Crippen molar-refractivity contribution in [2.45, 2.75) is 104 Å². The van der Waals surface area contributed by atoms with Gasteiger partial charge in [-0.1, -0.05) is 52.0 Å². The molecular weight excluding hydrogens is 372 g/mol. The lowest BCUT2D eigenvalue weighted by Crippen LogP contribution is -2.36. The minimum Gasteiger partial charge on any atom is -0.393 e. The lowest BCUT2D eigenvalue weighted by molar-refractivity contribution is 0.0717. The van der Waals surface area contributed by atoms with Crippen molar-refractivity contribution >= 4 is 0 Å². The number of rotatable bonds is 6. The van der Waals surface area contributed by atoms with Crippen LogP contribution in [-0.2, 0) is 0 Å². The second kappa shape index (κ2) is 9.71. The fourth-order valence-electron chi connectivity index (χ4n) is 6.65. The van der Waals surface area contributed by atoms with E-state index in [1.165, 1.54) is 25.7 Å². The van der Waals surface area contributed by atoms with Crippen LogP contribution in [0.1, 0.15) is 85.5 Å². The first-order valence-electron chi connectivity index (χ1n) is 12.3. The molecule has 7 atom stereocenters. The number of hydrogen-bond acceptors (Lipinski definition) is 3.